The average Bonchev–Trinajstić information content (AvgIpc) is 3.39. The van der Waals surface area contributed by atoms with Crippen LogP contribution in [0.3, 0.4) is 0 Å². The highest BCUT2D eigenvalue weighted by molar-refractivity contribution is 7.89. The van der Waals surface area contributed by atoms with E-state index < -0.39 is 15.8 Å². The monoisotopic (exact) mass is 571 g/mol. The molecule has 0 amide bonds. The number of hydrogen-bond acceptors (Lipinski definition) is 6. The summed E-state index contributed by atoms with van der Waals surface area (Å²) in [6.07, 6.45) is 3.63. The Bertz CT molecular complexity index is 1800. The molecule has 0 spiro atoms. The van der Waals surface area contributed by atoms with Crippen LogP contribution in [-0.2, 0) is 10.0 Å². The van der Waals surface area contributed by atoms with Gasteiger partial charge in [-0.1, -0.05) is 30.3 Å². The Morgan fingerprint density at radius 3 is 2.34 bits per heavy atom. The fourth-order valence-electron chi connectivity index (χ4n) is 5.26. The molecule has 0 unspecified atom stereocenters. The van der Waals surface area contributed by atoms with Gasteiger partial charge in [0.05, 0.1) is 16.9 Å². The number of halogens is 1. The van der Waals surface area contributed by atoms with Crippen molar-refractivity contribution in [3.63, 3.8) is 0 Å². The molecule has 10 heteroatoms. The van der Waals surface area contributed by atoms with E-state index in [4.69, 9.17) is 9.72 Å². The van der Waals surface area contributed by atoms with Crippen LogP contribution in [0.25, 0.3) is 27.8 Å². The molecule has 2 aromatic heterocycles. The van der Waals surface area contributed by atoms with Crippen LogP contribution in [0, 0.1) is 12.7 Å². The van der Waals surface area contributed by atoms with Gasteiger partial charge in [-0.25, -0.2) is 22.8 Å². The number of sulfonamides is 1. The van der Waals surface area contributed by atoms with Gasteiger partial charge in [0, 0.05) is 43.6 Å². The molecule has 1 fully saturated rings. The van der Waals surface area contributed by atoms with E-state index in [0.717, 1.165) is 39.4 Å². The number of nitrogens with zero attached hydrogens (tertiary/aromatic N) is 5. The summed E-state index contributed by atoms with van der Waals surface area (Å²) in [4.78, 5) is 11.6. The molecule has 0 bridgehead atoms. The Hall–Kier alpha value is -4.28. The number of anilines is 1. The van der Waals surface area contributed by atoms with E-state index in [-0.39, 0.29) is 18.0 Å². The van der Waals surface area contributed by atoms with E-state index in [2.05, 4.69) is 32.8 Å². The van der Waals surface area contributed by atoms with Crippen molar-refractivity contribution < 1.29 is 17.5 Å². The second-order valence-corrected chi connectivity index (χ2v) is 11.8. The minimum Gasteiger partial charge on any atom is -0.494 e. The first-order valence-corrected chi connectivity index (χ1v) is 15.0. The lowest BCUT2D eigenvalue weighted by atomic mass is 10.1. The largest absolute Gasteiger partial charge is 0.494 e. The lowest BCUT2D eigenvalue weighted by Gasteiger charge is -2.35. The predicted octanol–water partition coefficient (Wildman–Crippen LogP) is 5.44. The highest BCUT2D eigenvalue weighted by atomic mass is 32.2. The predicted molar refractivity (Wildman–Crippen MR) is 158 cm³/mol. The molecule has 0 atom stereocenters. The first kappa shape index (κ1) is 26.9. The number of ether oxygens (including phenoxy) is 1. The molecule has 3 aromatic carbocycles. The summed E-state index contributed by atoms with van der Waals surface area (Å²) in [6, 6.07) is 21.9. The zero-order chi connectivity index (χ0) is 28.6. The fourth-order valence-corrected chi connectivity index (χ4v) is 6.76. The van der Waals surface area contributed by atoms with E-state index in [9.17, 15) is 12.8 Å². The number of piperazine rings is 1. The van der Waals surface area contributed by atoms with Gasteiger partial charge in [-0.3, -0.25) is 0 Å². The summed E-state index contributed by atoms with van der Waals surface area (Å²) < 4.78 is 49.5. The SMILES string of the molecule is CCOc1ccc(-n2cc(-c3ccccc3)c3c(N4CCN(S(=O)(=O)c5ccc(F)c(C)c5)CC4)ncnc32)cc1. The van der Waals surface area contributed by atoms with Crippen LogP contribution < -0.4 is 9.64 Å². The molecule has 1 aliphatic heterocycles. The Morgan fingerprint density at radius 2 is 1.66 bits per heavy atom. The standard InChI is InChI=1S/C31H30FN5O3S/c1-3-40-25-11-9-24(10-12-25)37-20-27(23-7-5-4-6-8-23)29-30(33-21-34-31(29)37)35-15-17-36(18-16-35)41(38,39)26-13-14-28(32)22(2)19-26/h4-14,19-21H,3,15-18H2,1-2H3. The van der Waals surface area contributed by atoms with Gasteiger partial charge in [0.2, 0.25) is 10.0 Å². The third kappa shape index (κ3) is 5.05. The third-order valence-electron chi connectivity index (χ3n) is 7.38. The molecule has 5 aromatic rings. The molecule has 6 rings (SSSR count). The quantitative estimate of drug-likeness (QED) is 0.259. The molecular formula is C31H30FN5O3S. The molecule has 0 saturated carbocycles. The highest BCUT2D eigenvalue weighted by Crippen LogP contribution is 2.37. The summed E-state index contributed by atoms with van der Waals surface area (Å²) >= 11 is 0. The summed E-state index contributed by atoms with van der Waals surface area (Å²) in [6.45, 7) is 5.59. The van der Waals surface area contributed by atoms with Crippen LogP contribution in [0.15, 0.2) is 90.2 Å². The van der Waals surface area contributed by atoms with E-state index in [0.29, 0.717) is 25.3 Å². The maximum Gasteiger partial charge on any atom is 0.243 e. The van der Waals surface area contributed by atoms with Gasteiger partial charge in [-0.2, -0.15) is 4.31 Å². The van der Waals surface area contributed by atoms with Gasteiger partial charge >= 0.3 is 0 Å². The van der Waals surface area contributed by atoms with Gasteiger partial charge < -0.3 is 14.2 Å². The van der Waals surface area contributed by atoms with Crippen LogP contribution in [0.5, 0.6) is 5.75 Å². The molecule has 0 aliphatic carbocycles. The van der Waals surface area contributed by atoms with Crippen molar-refractivity contribution in [2.75, 3.05) is 37.7 Å². The Kier molecular flexibility index (Phi) is 7.19. The van der Waals surface area contributed by atoms with Gasteiger partial charge in [-0.15, -0.1) is 0 Å². The first-order chi connectivity index (χ1) is 19.9. The molecule has 1 saturated heterocycles. The van der Waals surface area contributed by atoms with Gasteiger partial charge in [0.1, 0.15) is 23.7 Å². The van der Waals surface area contributed by atoms with Crippen molar-refractivity contribution in [2.24, 2.45) is 0 Å². The zero-order valence-electron chi connectivity index (χ0n) is 22.9. The normalized spacial score (nSPS) is 14.5. The van der Waals surface area contributed by atoms with Crippen LogP contribution in [0.4, 0.5) is 10.2 Å². The van der Waals surface area contributed by atoms with Crippen molar-refractivity contribution in [2.45, 2.75) is 18.7 Å². The van der Waals surface area contributed by atoms with Crippen LogP contribution in [0.1, 0.15) is 12.5 Å². The van der Waals surface area contributed by atoms with Gasteiger partial charge in [-0.05, 0) is 67.4 Å². The summed E-state index contributed by atoms with van der Waals surface area (Å²) in [5, 5.41) is 0.901. The molecule has 41 heavy (non-hydrogen) atoms. The fraction of sp³-hybridized carbons (Fsp3) is 0.226. The lowest BCUT2D eigenvalue weighted by molar-refractivity contribution is 0.340. The molecular weight excluding hydrogens is 541 g/mol. The second-order valence-electron chi connectivity index (χ2n) is 9.90. The summed E-state index contributed by atoms with van der Waals surface area (Å²) in [5.74, 6) is 1.14. The maximum atomic E-state index is 13.8. The molecule has 1 aliphatic rings. The number of aromatic nitrogens is 3. The number of benzene rings is 3. The Balaban J connectivity index is 1.36. The van der Waals surface area contributed by atoms with Crippen LogP contribution in [-0.4, -0.2) is 60.0 Å². The topological polar surface area (TPSA) is 80.6 Å². The number of rotatable bonds is 7. The lowest BCUT2D eigenvalue weighted by Crippen LogP contribution is -2.49. The maximum absolute atomic E-state index is 13.8. The van der Waals surface area contributed by atoms with Crippen molar-refractivity contribution in [1.29, 1.82) is 0 Å². The summed E-state index contributed by atoms with van der Waals surface area (Å²) in [7, 11) is -3.75. The molecule has 0 radical (unpaired) electrons. The van der Waals surface area contributed by atoms with Gasteiger partial charge in [0.15, 0.2) is 5.65 Å². The van der Waals surface area contributed by atoms with Crippen molar-refractivity contribution in [3.8, 4) is 22.6 Å². The van der Waals surface area contributed by atoms with Crippen molar-refractivity contribution in [1.82, 2.24) is 18.8 Å². The van der Waals surface area contributed by atoms with E-state index in [1.165, 1.54) is 22.5 Å². The van der Waals surface area contributed by atoms with Crippen molar-refractivity contribution in [3.05, 3.63) is 96.7 Å². The minimum absolute atomic E-state index is 0.105. The van der Waals surface area contributed by atoms with Gasteiger partial charge in [0.25, 0.3) is 0 Å². The van der Waals surface area contributed by atoms with E-state index >= 15 is 0 Å². The zero-order valence-corrected chi connectivity index (χ0v) is 23.7. The highest BCUT2D eigenvalue weighted by Gasteiger charge is 2.31. The number of fused-ring (bicyclic) bond motifs is 1. The van der Waals surface area contributed by atoms with Crippen LogP contribution >= 0.6 is 0 Å². The summed E-state index contributed by atoms with van der Waals surface area (Å²) in [5.41, 5.74) is 4.03. The third-order valence-corrected chi connectivity index (χ3v) is 9.27. The number of aryl methyl sites for hydroxylation is 1. The first-order valence-electron chi connectivity index (χ1n) is 13.5. The van der Waals surface area contributed by atoms with Crippen molar-refractivity contribution >= 4 is 26.9 Å². The second kappa shape index (κ2) is 10.9. The van der Waals surface area contributed by atoms with E-state index in [1.54, 1.807) is 13.3 Å². The number of hydrogen-bond donors (Lipinski definition) is 0. The van der Waals surface area contributed by atoms with E-state index in [1.807, 2.05) is 49.4 Å². The van der Waals surface area contributed by atoms with Crippen LogP contribution in [0.2, 0.25) is 0 Å². The Labute approximate surface area is 238 Å². The molecule has 8 nitrogen and oxygen atoms in total. The smallest absolute Gasteiger partial charge is 0.243 e. The molecule has 210 valence electrons. The molecule has 0 N–H and O–H groups in total. The Morgan fingerprint density at radius 1 is 0.927 bits per heavy atom. The molecule has 3 heterocycles. The minimum atomic E-state index is -3.75. The average molecular weight is 572 g/mol.